The minimum Gasteiger partial charge on any atom is -0.357 e. The molecule has 1 unspecified atom stereocenters. The number of nitrogens with one attached hydrogen (secondary N) is 3. The lowest BCUT2D eigenvalue weighted by atomic mass is 10.2. The standard InChI is InChI=1S/C11H24N4O2S2/c1-3-12-11(13-6-7-15-19(2,16)17)14-9-10-5-4-8-18-10/h10,15H,3-9H2,1-2H3,(H2,12,13,14). The number of guanidine groups is 1. The fourth-order valence-electron chi connectivity index (χ4n) is 1.74. The molecule has 1 aliphatic rings. The summed E-state index contributed by atoms with van der Waals surface area (Å²) in [7, 11) is -3.11. The molecular weight excluding hydrogens is 284 g/mol. The summed E-state index contributed by atoms with van der Waals surface area (Å²) in [5.41, 5.74) is 0. The maximum atomic E-state index is 10.9. The van der Waals surface area contributed by atoms with Crippen LogP contribution in [0.25, 0.3) is 0 Å². The quantitative estimate of drug-likeness (QED) is 0.350. The van der Waals surface area contributed by atoms with E-state index in [0.29, 0.717) is 18.3 Å². The van der Waals surface area contributed by atoms with E-state index in [4.69, 9.17) is 0 Å². The SMILES string of the molecule is CCNC(=NCC1CCCS1)NCCNS(C)(=O)=O. The molecule has 3 N–H and O–H groups in total. The van der Waals surface area contributed by atoms with Gasteiger partial charge in [0.1, 0.15) is 0 Å². The molecule has 19 heavy (non-hydrogen) atoms. The van der Waals surface area contributed by atoms with E-state index in [0.717, 1.165) is 25.3 Å². The molecule has 0 amide bonds. The van der Waals surface area contributed by atoms with Gasteiger partial charge in [0, 0.05) is 24.9 Å². The lowest BCUT2D eigenvalue weighted by Crippen LogP contribution is -2.41. The molecule has 1 saturated heterocycles. The van der Waals surface area contributed by atoms with Crippen molar-refractivity contribution in [3.8, 4) is 0 Å². The summed E-state index contributed by atoms with van der Waals surface area (Å²) in [6, 6.07) is 0. The van der Waals surface area contributed by atoms with Crippen LogP contribution < -0.4 is 15.4 Å². The molecule has 0 aromatic rings. The molecule has 0 aromatic carbocycles. The van der Waals surface area contributed by atoms with Crippen LogP contribution in [0.3, 0.4) is 0 Å². The van der Waals surface area contributed by atoms with Gasteiger partial charge in [-0.1, -0.05) is 0 Å². The predicted octanol–water partition coefficient (Wildman–Crippen LogP) is -0.0137. The first-order chi connectivity index (χ1) is 9.01. The Morgan fingerprint density at radius 2 is 2.16 bits per heavy atom. The second-order valence-electron chi connectivity index (χ2n) is 4.45. The third kappa shape index (κ3) is 8.33. The van der Waals surface area contributed by atoms with Gasteiger partial charge in [-0.2, -0.15) is 11.8 Å². The highest BCUT2D eigenvalue weighted by Crippen LogP contribution is 2.25. The smallest absolute Gasteiger partial charge is 0.208 e. The highest BCUT2D eigenvalue weighted by atomic mass is 32.2. The van der Waals surface area contributed by atoms with Crippen LogP contribution in [0.1, 0.15) is 19.8 Å². The van der Waals surface area contributed by atoms with E-state index in [9.17, 15) is 8.42 Å². The van der Waals surface area contributed by atoms with Gasteiger partial charge in [0.25, 0.3) is 0 Å². The Hall–Kier alpha value is -0.470. The maximum Gasteiger partial charge on any atom is 0.208 e. The zero-order valence-corrected chi connectivity index (χ0v) is 13.2. The number of aliphatic imine (C=N–C) groups is 1. The minimum absolute atomic E-state index is 0.363. The van der Waals surface area contributed by atoms with Gasteiger partial charge in [-0.25, -0.2) is 13.1 Å². The summed E-state index contributed by atoms with van der Waals surface area (Å²) in [6.45, 7) is 4.51. The van der Waals surface area contributed by atoms with Crippen molar-refractivity contribution in [2.45, 2.75) is 25.0 Å². The fraction of sp³-hybridized carbons (Fsp3) is 0.909. The van der Waals surface area contributed by atoms with Crippen molar-refractivity contribution in [2.24, 2.45) is 4.99 Å². The first kappa shape index (κ1) is 16.6. The van der Waals surface area contributed by atoms with Crippen molar-refractivity contribution < 1.29 is 8.42 Å². The maximum absolute atomic E-state index is 10.9. The summed E-state index contributed by atoms with van der Waals surface area (Å²) in [6.07, 6.45) is 3.68. The average Bonchev–Trinajstić information content (AvgIpc) is 2.83. The number of thioether (sulfide) groups is 1. The zero-order chi connectivity index (χ0) is 14.1. The number of hydrogen-bond acceptors (Lipinski definition) is 4. The van der Waals surface area contributed by atoms with Crippen LogP contribution in [-0.4, -0.2) is 57.8 Å². The third-order valence-electron chi connectivity index (χ3n) is 2.60. The first-order valence-electron chi connectivity index (χ1n) is 6.59. The van der Waals surface area contributed by atoms with Crippen LogP contribution in [0.5, 0.6) is 0 Å². The molecule has 0 radical (unpaired) electrons. The summed E-state index contributed by atoms with van der Waals surface area (Å²) in [5.74, 6) is 1.99. The first-order valence-corrected chi connectivity index (χ1v) is 9.53. The van der Waals surface area contributed by atoms with Crippen molar-refractivity contribution in [2.75, 3.05) is 38.2 Å². The van der Waals surface area contributed by atoms with E-state index in [1.165, 1.54) is 18.6 Å². The Labute approximate surface area is 120 Å². The van der Waals surface area contributed by atoms with Crippen LogP contribution in [0.2, 0.25) is 0 Å². The Kier molecular flexibility index (Phi) is 7.55. The highest BCUT2D eigenvalue weighted by Gasteiger charge is 2.14. The summed E-state index contributed by atoms with van der Waals surface area (Å²) >= 11 is 1.98. The summed E-state index contributed by atoms with van der Waals surface area (Å²) in [5, 5.41) is 6.91. The molecule has 112 valence electrons. The molecule has 1 rings (SSSR count). The lowest BCUT2D eigenvalue weighted by molar-refractivity contribution is 0.586. The molecular formula is C11H24N4O2S2. The third-order valence-corrected chi connectivity index (χ3v) is 4.71. The molecule has 0 aromatic heterocycles. The molecule has 1 fully saturated rings. The largest absolute Gasteiger partial charge is 0.357 e. The Bertz CT molecular complexity index is 378. The summed E-state index contributed by atoms with van der Waals surface area (Å²) in [4.78, 5) is 4.53. The fourth-order valence-corrected chi connectivity index (χ4v) is 3.39. The van der Waals surface area contributed by atoms with E-state index in [1.54, 1.807) is 0 Å². The van der Waals surface area contributed by atoms with Crippen LogP contribution in [-0.2, 0) is 10.0 Å². The zero-order valence-electron chi connectivity index (χ0n) is 11.6. The average molecular weight is 308 g/mol. The predicted molar refractivity (Wildman–Crippen MR) is 82.3 cm³/mol. The number of hydrogen-bond donors (Lipinski definition) is 3. The second kappa shape index (κ2) is 8.65. The van der Waals surface area contributed by atoms with Gasteiger partial charge in [0.05, 0.1) is 12.8 Å². The molecule has 0 aliphatic carbocycles. The molecule has 1 atom stereocenters. The van der Waals surface area contributed by atoms with Gasteiger partial charge in [0.2, 0.25) is 10.0 Å². The number of rotatable bonds is 7. The van der Waals surface area contributed by atoms with Gasteiger partial charge in [0.15, 0.2) is 5.96 Å². The van der Waals surface area contributed by atoms with Crippen molar-refractivity contribution >= 4 is 27.7 Å². The molecule has 6 nitrogen and oxygen atoms in total. The monoisotopic (exact) mass is 308 g/mol. The Balaban J connectivity index is 2.28. The topological polar surface area (TPSA) is 82.6 Å². The van der Waals surface area contributed by atoms with Crippen LogP contribution in [0.4, 0.5) is 0 Å². The minimum atomic E-state index is -3.11. The van der Waals surface area contributed by atoms with Gasteiger partial charge >= 0.3 is 0 Å². The number of sulfonamides is 1. The van der Waals surface area contributed by atoms with Crippen LogP contribution in [0.15, 0.2) is 4.99 Å². The molecule has 8 heteroatoms. The van der Waals surface area contributed by atoms with Crippen LogP contribution in [0, 0.1) is 0 Å². The van der Waals surface area contributed by atoms with Crippen molar-refractivity contribution in [1.29, 1.82) is 0 Å². The Morgan fingerprint density at radius 1 is 1.37 bits per heavy atom. The van der Waals surface area contributed by atoms with Gasteiger partial charge in [-0.15, -0.1) is 0 Å². The van der Waals surface area contributed by atoms with Gasteiger partial charge in [-0.05, 0) is 25.5 Å². The van der Waals surface area contributed by atoms with Crippen molar-refractivity contribution in [3.63, 3.8) is 0 Å². The van der Waals surface area contributed by atoms with E-state index in [-0.39, 0.29) is 0 Å². The molecule has 1 heterocycles. The van der Waals surface area contributed by atoms with Gasteiger partial charge in [-0.3, -0.25) is 4.99 Å². The van der Waals surface area contributed by atoms with E-state index in [1.807, 2.05) is 18.7 Å². The van der Waals surface area contributed by atoms with E-state index >= 15 is 0 Å². The van der Waals surface area contributed by atoms with Crippen molar-refractivity contribution in [1.82, 2.24) is 15.4 Å². The molecule has 1 aliphatic heterocycles. The molecule has 0 saturated carbocycles. The Morgan fingerprint density at radius 3 is 2.74 bits per heavy atom. The number of nitrogens with zero attached hydrogens (tertiary/aromatic N) is 1. The second-order valence-corrected chi connectivity index (χ2v) is 7.69. The van der Waals surface area contributed by atoms with Crippen molar-refractivity contribution in [3.05, 3.63) is 0 Å². The van der Waals surface area contributed by atoms with Gasteiger partial charge < -0.3 is 10.6 Å². The summed E-state index contributed by atoms with van der Waals surface area (Å²) < 4.78 is 24.3. The lowest BCUT2D eigenvalue weighted by Gasteiger charge is -2.12. The molecule has 0 spiro atoms. The van der Waals surface area contributed by atoms with E-state index < -0.39 is 10.0 Å². The van der Waals surface area contributed by atoms with E-state index in [2.05, 4.69) is 20.3 Å². The molecule has 0 bridgehead atoms. The highest BCUT2D eigenvalue weighted by molar-refractivity contribution is 8.00. The van der Waals surface area contributed by atoms with Crippen LogP contribution >= 0.6 is 11.8 Å². The normalized spacial score (nSPS) is 20.5.